The standard InChI is InChI=1S/C12H20F5NO/c1-10(9-18-4-6-19-7-5-18)8-11(13,14)2-3-12(15,16)17/h10H,2-9H2,1H3. The lowest BCUT2D eigenvalue weighted by molar-refractivity contribution is -0.153. The van der Waals surface area contributed by atoms with Crippen molar-refractivity contribution in [3.63, 3.8) is 0 Å². The molecular formula is C12H20F5NO. The predicted octanol–water partition coefficient (Wildman–Crippen LogP) is 3.32. The molecule has 1 aliphatic heterocycles. The van der Waals surface area contributed by atoms with Crippen LogP contribution >= 0.6 is 0 Å². The third kappa shape index (κ3) is 7.67. The van der Waals surface area contributed by atoms with E-state index in [1.54, 1.807) is 6.92 Å². The monoisotopic (exact) mass is 289 g/mol. The SMILES string of the molecule is CC(CN1CCOCC1)CC(F)(F)CCC(F)(F)F. The molecule has 114 valence electrons. The average Bonchev–Trinajstić information content (AvgIpc) is 2.26. The number of ether oxygens (including phenoxy) is 1. The smallest absolute Gasteiger partial charge is 0.379 e. The Bertz CT molecular complexity index is 263. The van der Waals surface area contributed by atoms with Crippen molar-refractivity contribution in [1.82, 2.24) is 4.90 Å². The van der Waals surface area contributed by atoms with E-state index in [9.17, 15) is 22.0 Å². The maximum absolute atomic E-state index is 13.4. The van der Waals surface area contributed by atoms with Gasteiger partial charge in [-0.2, -0.15) is 13.2 Å². The summed E-state index contributed by atoms with van der Waals surface area (Å²) in [6.45, 7) is 4.67. The van der Waals surface area contributed by atoms with Crippen LogP contribution in [0.25, 0.3) is 0 Å². The van der Waals surface area contributed by atoms with Gasteiger partial charge in [0.15, 0.2) is 0 Å². The summed E-state index contributed by atoms with van der Waals surface area (Å²) < 4.78 is 67.8. The molecule has 0 aromatic heterocycles. The fourth-order valence-electron chi connectivity index (χ4n) is 2.23. The predicted molar refractivity (Wildman–Crippen MR) is 61.3 cm³/mol. The lowest BCUT2D eigenvalue weighted by atomic mass is 9.98. The highest BCUT2D eigenvalue weighted by atomic mass is 19.4. The van der Waals surface area contributed by atoms with Crippen LogP contribution in [0.15, 0.2) is 0 Å². The molecule has 1 fully saturated rings. The van der Waals surface area contributed by atoms with Gasteiger partial charge in [0.2, 0.25) is 5.92 Å². The second-order valence-corrected chi connectivity index (χ2v) is 5.19. The van der Waals surface area contributed by atoms with Gasteiger partial charge in [-0.05, 0) is 5.92 Å². The van der Waals surface area contributed by atoms with Crippen LogP contribution in [0, 0.1) is 5.92 Å². The zero-order valence-corrected chi connectivity index (χ0v) is 11.0. The molecule has 1 unspecified atom stereocenters. The van der Waals surface area contributed by atoms with Crippen molar-refractivity contribution in [1.29, 1.82) is 0 Å². The summed E-state index contributed by atoms with van der Waals surface area (Å²) in [5.41, 5.74) is 0. The molecule has 0 radical (unpaired) electrons. The van der Waals surface area contributed by atoms with E-state index in [2.05, 4.69) is 0 Å². The van der Waals surface area contributed by atoms with Gasteiger partial charge in [-0.3, -0.25) is 4.90 Å². The average molecular weight is 289 g/mol. The molecule has 0 aromatic rings. The number of hydrogen-bond donors (Lipinski definition) is 0. The van der Waals surface area contributed by atoms with Gasteiger partial charge in [-0.15, -0.1) is 0 Å². The normalized spacial score (nSPS) is 20.5. The van der Waals surface area contributed by atoms with Gasteiger partial charge in [0.05, 0.1) is 13.2 Å². The van der Waals surface area contributed by atoms with E-state index < -0.39 is 31.4 Å². The number of halogens is 5. The van der Waals surface area contributed by atoms with Crippen LogP contribution in [0.5, 0.6) is 0 Å². The highest BCUT2D eigenvalue weighted by Gasteiger charge is 2.37. The van der Waals surface area contributed by atoms with E-state index in [4.69, 9.17) is 4.74 Å². The van der Waals surface area contributed by atoms with Crippen molar-refractivity contribution in [3.8, 4) is 0 Å². The fraction of sp³-hybridized carbons (Fsp3) is 1.00. The van der Waals surface area contributed by atoms with E-state index >= 15 is 0 Å². The lowest BCUT2D eigenvalue weighted by Gasteiger charge is -2.30. The first-order valence-electron chi connectivity index (χ1n) is 6.43. The molecule has 0 amide bonds. The van der Waals surface area contributed by atoms with Crippen molar-refractivity contribution in [3.05, 3.63) is 0 Å². The maximum Gasteiger partial charge on any atom is 0.389 e. The third-order valence-corrected chi connectivity index (χ3v) is 3.09. The Morgan fingerprint density at radius 1 is 1.05 bits per heavy atom. The molecule has 7 heteroatoms. The molecule has 1 aliphatic rings. The Morgan fingerprint density at radius 3 is 2.16 bits per heavy atom. The van der Waals surface area contributed by atoms with Crippen LogP contribution in [0.2, 0.25) is 0 Å². The van der Waals surface area contributed by atoms with Gasteiger partial charge in [0.25, 0.3) is 0 Å². The van der Waals surface area contributed by atoms with E-state index in [1.165, 1.54) is 0 Å². The largest absolute Gasteiger partial charge is 0.389 e. The second-order valence-electron chi connectivity index (χ2n) is 5.19. The minimum absolute atomic E-state index is 0.332. The molecule has 2 nitrogen and oxygen atoms in total. The zero-order chi connectivity index (χ0) is 14.5. The molecule has 0 spiro atoms. The highest BCUT2D eigenvalue weighted by molar-refractivity contribution is 4.74. The first kappa shape index (κ1) is 16.6. The zero-order valence-electron chi connectivity index (χ0n) is 11.0. The van der Waals surface area contributed by atoms with E-state index in [0.29, 0.717) is 32.8 Å². The summed E-state index contributed by atoms with van der Waals surface area (Å²) in [6.07, 6.45) is -7.56. The molecule has 0 aliphatic carbocycles. The molecular weight excluding hydrogens is 269 g/mol. The molecule has 1 rings (SSSR count). The van der Waals surface area contributed by atoms with Crippen LogP contribution in [-0.2, 0) is 4.74 Å². The summed E-state index contributed by atoms with van der Waals surface area (Å²) in [6, 6.07) is 0. The Kier molecular flexibility index (Phi) is 5.98. The third-order valence-electron chi connectivity index (χ3n) is 3.09. The fourth-order valence-corrected chi connectivity index (χ4v) is 2.23. The molecule has 0 aromatic carbocycles. The summed E-state index contributed by atoms with van der Waals surface area (Å²) in [5.74, 6) is -3.58. The topological polar surface area (TPSA) is 12.5 Å². The summed E-state index contributed by atoms with van der Waals surface area (Å²) in [5, 5.41) is 0. The van der Waals surface area contributed by atoms with E-state index in [0.717, 1.165) is 0 Å². The van der Waals surface area contributed by atoms with Crippen molar-refractivity contribution < 1.29 is 26.7 Å². The van der Waals surface area contributed by atoms with Crippen LogP contribution < -0.4 is 0 Å². The van der Waals surface area contributed by atoms with Gasteiger partial charge in [0.1, 0.15) is 0 Å². The maximum atomic E-state index is 13.4. The van der Waals surface area contributed by atoms with Crippen molar-refractivity contribution in [2.45, 2.75) is 38.3 Å². The van der Waals surface area contributed by atoms with Crippen molar-refractivity contribution >= 4 is 0 Å². The summed E-state index contributed by atoms with van der Waals surface area (Å²) >= 11 is 0. The van der Waals surface area contributed by atoms with Crippen LogP contribution in [0.4, 0.5) is 22.0 Å². The Hall–Kier alpha value is -0.430. The van der Waals surface area contributed by atoms with Gasteiger partial charge < -0.3 is 4.74 Å². The second kappa shape index (κ2) is 6.83. The summed E-state index contributed by atoms with van der Waals surface area (Å²) in [7, 11) is 0. The number of morpholine rings is 1. The van der Waals surface area contributed by atoms with Crippen LogP contribution in [0.1, 0.15) is 26.2 Å². The lowest BCUT2D eigenvalue weighted by Crippen LogP contribution is -2.40. The van der Waals surface area contributed by atoms with Gasteiger partial charge in [-0.1, -0.05) is 6.92 Å². The van der Waals surface area contributed by atoms with Gasteiger partial charge in [-0.25, -0.2) is 8.78 Å². The minimum atomic E-state index is -4.52. The minimum Gasteiger partial charge on any atom is -0.379 e. The molecule has 19 heavy (non-hydrogen) atoms. The number of alkyl halides is 5. The van der Waals surface area contributed by atoms with Gasteiger partial charge in [0, 0.05) is 38.9 Å². The number of nitrogens with zero attached hydrogens (tertiary/aromatic N) is 1. The summed E-state index contributed by atoms with van der Waals surface area (Å²) in [4.78, 5) is 2.01. The highest BCUT2D eigenvalue weighted by Crippen LogP contribution is 2.33. The van der Waals surface area contributed by atoms with Gasteiger partial charge >= 0.3 is 6.18 Å². The van der Waals surface area contributed by atoms with E-state index in [-0.39, 0.29) is 5.92 Å². The molecule has 1 atom stereocenters. The Balaban J connectivity index is 2.30. The van der Waals surface area contributed by atoms with E-state index in [1.807, 2.05) is 4.90 Å². The number of hydrogen-bond acceptors (Lipinski definition) is 2. The van der Waals surface area contributed by atoms with Crippen molar-refractivity contribution in [2.24, 2.45) is 5.92 Å². The quantitative estimate of drug-likeness (QED) is 0.695. The Labute approximate surface area is 109 Å². The van der Waals surface area contributed by atoms with Crippen LogP contribution in [-0.4, -0.2) is 49.8 Å². The Morgan fingerprint density at radius 2 is 1.63 bits per heavy atom. The first-order valence-corrected chi connectivity index (χ1v) is 6.43. The molecule has 0 N–H and O–H groups in total. The molecule has 0 saturated carbocycles. The first-order chi connectivity index (χ1) is 8.68. The molecule has 0 bridgehead atoms. The molecule has 1 heterocycles. The number of rotatable bonds is 6. The van der Waals surface area contributed by atoms with Crippen LogP contribution in [0.3, 0.4) is 0 Å². The van der Waals surface area contributed by atoms with Crippen molar-refractivity contribution in [2.75, 3.05) is 32.8 Å². The molecule has 1 saturated heterocycles.